The Bertz CT molecular complexity index is 1200. The second-order valence-electron chi connectivity index (χ2n) is 7.02. The van der Waals surface area contributed by atoms with E-state index in [4.69, 9.17) is 4.42 Å². The van der Waals surface area contributed by atoms with Crippen LogP contribution in [0.2, 0.25) is 0 Å². The first-order chi connectivity index (χ1) is 15.0. The molecule has 2 N–H and O–H groups in total. The Morgan fingerprint density at radius 2 is 1.61 bits per heavy atom. The molecule has 0 aliphatic heterocycles. The fourth-order valence-corrected chi connectivity index (χ4v) is 4.07. The number of furan rings is 1. The number of nitrogens with one attached hydrogen (secondary N) is 2. The minimum atomic E-state index is -0.857. The van der Waals surface area contributed by atoms with Crippen molar-refractivity contribution in [2.45, 2.75) is 19.9 Å². The van der Waals surface area contributed by atoms with Gasteiger partial charge in [0.1, 0.15) is 16.7 Å². The van der Waals surface area contributed by atoms with Crippen LogP contribution in [0.3, 0.4) is 0 Å². The van der Waals surface area contributed by atoms with Crippen molar-refractivity contribution in [2.24, 2.45) is 0 Å². The molecule has 2 heterocycles. The van der Waals surface area contributed by atoms with E-state index >= 15 is 0 Å². The number of amides is 2. The van der Waals surface area contributed by atoms with Crippen molar-refractivity contribution in [3.8, 4) is 10.8 Å². The van der Waals surface area contributed by atoms with E-state index in [1.54, 1.807) is 19.1 Å². The third-order valence-electron chi connectivity index (χ3n) is 4.67. The number of benzene rings is 2. The molecule has 156 valence electrons. The maximum Gasteiger partial charge on any atom is 0.264 e. The number of nitrogens with zero attached hydrogens (tertiary/aromatic N) is 1. The fraction of sp³-hybridized carbons (Fsp3) is 0.125. The first kappa shape index (κ1) is 20.6. The lowest BCUT2D eigenvalue weighted by atomic mass is 10.1. The molecule has 1 unspecified atom stereocenters. The summed E-state index contributed by atoms with van der Waals surface area (Å²) < 4.78 is 5.62. The molecule has 31 heavy (non-hydrogen) atoms. The van der Waals surface area contributed by atoms with E-state index in [2.05, 4.69) is 15.6 Å². The van der Waals surface area contributed by atoms with Gasteiger partial charge >= 0.3 is 0 Å². The summed E-state index contributed by atoms with van der Waals surface area (Å²) in [6.07, 6.45) is 0. The number of thiazole rings is 1. The second kappa shape index (κ2) is 8.97. The molecule has 0 spiro atoms. The van der Waals surface area contributed by atoms with E-state index in [1.165, 1.54) is 11.3 Å². The molecule has 6 nitrogen and oxygen atoms in total. The zero-order valence-corrected chi connectivity index (χ0v) is 17.9. The number of rotatable bonds is 6. The van der Waals surface area contributed by atoms with Gasteiger partial charge in [-0.25, -0.2) is 4.98 Å². The van der Waals surface area contributed by atoms with Crippen molar-refractivity contribution >= 4 is 28.8 Å². The van der Waals surface area contributed by atoms with Gasteiger partial charge in [0.25, 0.3) is 11.8 Å². The number of aromatic nitrogens is 1. The summed E-state index contributed by atoms with van der Waals surface area (Å²) in [6, 6.07) is 21.1. The quantitative estimate of drug-likeness (QED) is 0.443. The monoisotopic (exact) mass is 431 g/mol. The molecule has 0 bridgehead atoms. The zero-order chi connectivity index (χ0) is 21.8. The Balaban J connectivity index is 1.59. The lowest BCUT2D eigenvalue weighted by Crippen LogP contribution is -2.37. The molecule has 0 saturated heterocycles. The Morgan fingerprint density at radius 3 is 2.26 bits per heavy atom. The minimum absolute atomic E-state index is 0.324. The summed E-state index contributed by atoms with van der Waals surface area (Å²) >= 11 is 1.24. The Morgan fingerprint density at radius 1 is 0.935 bits per heavy atom. The highest BCUT2D eigenvalue weighted by molar-refractivity contribution is 7.17. The molecule has 0 aliphatic rings. The van der Waals surface area contributed by atoms with Crippen LogP contribution in [0.4, 0.5) is 5.69 Å². The van der Waals surface area contributed by atoms with Crippen LogP contribution >= 0.6 is 11.3 Å². The van der Waals surface area contributed by atoms with E-state index in [9.17, 15) is 9.59 Å². The summed E-state index contributed by atoms with van der Waals surface area (Å²) in [5.41, 5.74) is 1.93. The molecule has 2 amide bonds. The molecule has 4 rings (SSSR count). The average Bonchev–Trinajstić information content (AvgIpc) is 3.38. The molecule has 0 aliphatic carbocycles. The topological polar surface area (TPSA) is 84.2 Å². The van der Waals surface area contributed by atoms with Gasteiger partial charge in [0, 0.05) is 5.69 Å². The fourth-order valence-electron chi connectivity index (χ4n) is 3.14. The van der Waals surface area contributed by atoms with Crippen molar-refractivity contribution < 1.29 is 14.0 Å². The van der Waals surface area contributed by atoms with Crippen LogP contribution < -0.4 is 10.6 Å². The molecular formula is C24H21N3O3S. The third-order valence-corrected chi connectivity index (χ3v) is 5.84. The molecule has 4 aromatic rings. The first-order valence-corrected chi connectivity index (χ1v) is 10.6. The van der Waals surface area contributed by atoms with Gasteiger partial charge in [-0.2, -0.15) is 0 Å². The SMILES string of the molecule is Cc1ccc(-c2nc(C)c(C(=O)NC(C(=O)Nc3ccccc3)c3ccccc3)s2)o1. The number of carbonyl (C=O) groups excluding carboxylic acids is 2. The molecule has 0 saturated carbocycles. The Labute approximate surface area is 184 Å². The van der Waals surface area contributed by atoms with Crippen LogP contribution in [-0.4, -0.2) is 16.8 Å². The van der Waals surface area contributed by atoms with E-state index in [0.717, 1.165) is 5.76 Å². The van der Waals surface area contributed by atoms with Crippen LogP contribution in [0.1, 0.15) is 32.7 Å². The van der Waals surface area contributed by atoms with Crippen molar-refractivity contribution in [1.29, 1.82) is 0 Å². The number of aryl methyl sites for hydroxylation is 2. The molecular weight excluding hydrogens is 410 g/mol. The number of carbonyl (C=O) groups is 2. The van der Waals surface area contributed by atoms with Crippen LogP contribution in [-0.2, 0) is 4.79 Å². The highest BCUT2D eigenvalue weighted by atomic mass is 32.1. The van der Waals surface area contributed by atoms with Gasteiger partial charge in [-0.1, -0.05) is 48.5 Å². The highest BCUT2D eigenvalue weighted by Crippen LogP contribution is 2.30. The maximum atomic E-state index is 13.1. The van der Waals surface area contributed by atoms with Gasteiger partial charge in [0.05, 0.1) is 5.69 Å². The zero-order valence-electron chi connectivity index (χ0n) is 17.1. The normalized spacial score (nSPS) is 11.7. The van der Waals surface area contributed by atoms with Gasteiger partial charge in [-0.05, 0) is 43.7 Å². The molecule has 0 radical (unpaired) electrons. The second-order valence-corrected chi connectivity index (χ2v) is 8.02. The summed E-state index contributed by atoms with van der Waals surface area (Å²) in [6.45, 7) is 3.62. The van der Waals surface area contributed by atoms with Crippen molar-refractivity contribution in [3.05, 3.63) is 94.7 Å². The van der Waals surface area contributed by atoms with E-state index in [0.29, 0.717) is 32.6 Å². The largest absolute Gasteiger partial charge is 0.459 e. The summed E-state index contributed by atoms with van der Waals surface area (Å²) in [5.74, 6) is 0.707. The average molecular weight is 432 g/mol. The van der Waals surface area contributed by atoms with Crippen LogP contribution in [0, 0.1) is 13.8 Å². The summed E-state index contributed by atoms with van der Waals surface area (Å²) in [7, 11) is 0. The van der Waals surface area contributed by atoms with Crippen molar-refractivity contribution in [3.63, 3.8) is 0 Å². The predicted octanol–water partition coefficient (Wildman–Crippen LogP) is 5.13. The van der Waals surface area contributed by atoms with E-state index in [1.807, 2.05) is 67.6 Å². The van der Waals surface area contributed by atoms with Gasteiger partial charge in [0.15, 0.2) is 10.8 Å². The van der Waals surface area contributed by atoms with Crippen LogP contribution in [0.5, 0.6) is 0 Å². The number of anilines is 1. The van der Waals surface area contributed by atoms with Crippen LogP contribution in [0.15, 0.2) is 77.2 Å². The smallest absolute Gasteiger partial charge is 0.264 e. The molecule has 1 atom stereocenters. The van der Waals surface area contributed by atoms with Crippen molar-refractivity contribution in [2.75, 3.05) is 5.32 Å². The summed E-state index contributed by atoms with van der Waals surface area (Å²) in [4.78, 5) is 31.1. The predicted molar refractivity (Wildman–Crippen MR) is 121 cm³/mol. The lowest BCUT2D eigenvalue weighted by Gasteiger charge is -2.18. The van der Waals surface area contributed by atoms with Gasteiger partial charge < -0.3 is 15.1 Å². The Kier molecular flexibility index (Phi) is 5.95. The molecule has 2 aromatic heterocycles. The van der Waals surface area contributed by atoms with Gasteiger partial charge in [-0.3, -0.25) is 9.59 Å². The van der Waals surface area contributed by atoms with Crippen molar-refractivity contribution in [1.82, 2.24) is 10.3 Å². The third kappa shape index (κ3) is 4.73. The molecule has 0 fully saturated rings. The Hall–Kier alpha value is -3.71. The molecule has 2 aromatic carbocycles. The van der Waals surface area contributed by atoms with Gasteiger partial charge in [-0.15, -0.1) is 11.3 Å². The maximum absolute atomic E-state index is 13.1. The summed E-state index contributed by atoms with van der Waals surface area (Å²) in [5, 5.41) is 6.36. The van der Waals surface area contributed by atoms with E-state index < -0.39 is 6.04 Å². The highest BCUT2D eigenvalue weighted by Gasteiger charge is 2.26. The molecule has 7 heteroatoms. The van der Waals surface area contributed by atoms with Gasteiger partial charge in [0.2, 0.25) is 0 Å². The van der Waals surface area contributed by atoms with Crippen LogP contribution in [0.25, 0.3) is 10.8 Å². The van der Waals surface area contributed by atoms with E-state index in [-0.39, 0.29) is 11.8 Å². The first-order valence-electron chi connectivity index (χ1n) is 9.77. The standard InChI is InChI=1S/C24H21N3O3S/c1-15-13-14-19(30-15)24-25-16(2)21(31-24)23(29)27-20(17-9-5-3-6-10-17)22(28)26-18-11-7-4-8-12-18/h3-14,20H,1-2H3,(H,26,28)(H,27,29). The number of para-hydroxylation sites is 1. The lowest BCUT2D eigenvalue weighted by molar-refractivity contribution is -0.118. The number of hydrogen-bond acceptors (Lipinski definition) is 5. The minimum Gasteiger partial charge on any atom is -0.459 e. The number of hydrogen-bond donors (Lipinski definition) is 2.